The smallest absolute Gasteiger partial charge is 0.265 e. The number of hydrogen-bond donors (Lipinski definition) is 2. The molecule has 0 aliphatic carbocycles. The van der Waals surface area contributed by atoms with Crippen LogP contribution in [0, 0.1) is 6.92 Å². The molecule has 3 nitrogen and oxygen atoms in total. The third-order valence-corrected chi connectivity index (χ3v) is 3.13. The SMILES string of the molecule is Cc1ccc(C(=O)Nc2ccc(N)cc2)s1. The first kappa shape index (κ1) is 10.7. The van der Waals surface area contributed by atoms with Crippen molar-refractivity contribution in [3.63, 3.8) is 0 Å². The van der Waals surface area contributed by atoms with Crippen LogP contribution in [0.4, 0.5) is 11.4 Å². The summed E-state index contributed by atoms with van der Waals surface area (Å²) in [6, 6.07) is 10.8. The van der Waals surface area contributed by atoms with Crippen LogP contribution in [-0.4, -0.2) is 5.91 Å². The normalized spacial score (nSPS) is 10.1. The molecule has 0 bridgehead atoms. The van der Waals surface area contributed by atoms with Gasteiger partial charge >= 0.3 is 0 Å². The number of amides is 1. The molecule has 0 spiro atoms. The fourth-order valence-corrected chi connectivity index (χ4v) is 2.08. The molecule has 0 aliphatic heterocycles. The van der Waals surface area contributed by atoms with Gasteiger partial charge in [-0.05, 0) is 43.3 Å². The number of nitrogens with one attached hydrogen (secondary N) is 1. The van der Waals surface area contributed by atoms with Crippen molar-refractivity contribution in [3.8, 4) is 0 Å². The van der Waals surface area contributed by atoms with E-state index in [0.29, 0.717) is 10.6 Å². The standard InChI is InChI=1S/C12H12N2OS/c1-8-2-7-11(16-8)12(15)14-10-5-3-9(13)4-6-10/h2-7H,13H2,1H3,(H,14,15). The number of thiophene rings is 1. The molecule has 1 heterocycles. The van der Waals surface area contributed by atoms with Gasteiger partial charge in [-0.3, -0.25) is 4.79 Å². The summed E-state index contributed by atoms with van der Waals surface area (Å²) in [5, 5.41) is 2.81. The van der Waals surface area contributed by atoms with Crippen molar-refractivity contribution in [1.82, 2.24) is 0 Å². The first-order chi connectivity index (χ1) is 7.65. The molecule has 82 valence electrons. The first-order valence-corrected chi connectivity index (χ1v) is 5.70. The monoisotopic (exact) mass is 232 g/mol. The largest absolute Gasteiger partial charge is 0.399 e. The zero-order valence-corrected chi connectivity index (χ0v) is 9.67. The number of nitrogens with two attached hydrogens (primary N) is 1. The molecule has 2 aromatic rings. The molecule has 0 radical (unpaired) electrons. The van der Waals surface area contributed by atoms with E-state index in [-0.39, 0.29) is 5.91 Å². The van der Waals surface area contributed by atoms with Crippen molar-refractivity contribution >= 4 is 28.6 Å². The summed E-state index contributed by atoms with van der Waals surface area (Å²) >= 11 is 1.48. The summed E-state index contributed by atoms with van der Waals surface area (Å²) in [5.74, 6) is -0.0807. The maximum Gasteiger partial charge on any atom is 0.265 e. The number of anilines is 2. The fourth-order valence-electron chi connectivity index (χ4n) is 1.32. The zero-order chi connectivity index (χ0) is 11.5. The molecular weight excluding hydrogens is 220 g/mol. The van der Waals surface area contributed by atoms with Crippen LogP contribution in [0.25, 0.3) is 0 Å². The third-order valence-electron chi connectivity index (χ3n) is 2.13. The first-order valence-electron chi connectivity index (χ1n) is 4.88. The Morgan fingerprint density at radius 2 is 1.88 bits per heavy atom. The Morgan fingerprint density at radius 3 is 2.44 bits per heavy atom. The van der Waals surface area contributed by atoms with Crippen molar-refractivity contribution in [3.05, 3.63) is 46.2 Å². The second-order valence-electron chi connectivity index (χ2n) is 3.49. The van der Waals surface area contributed by atoms with Gasteiger partial charge in [0.2, 0.25) is 0 Å². The Hall–Kier alpha value is -1.81. The highest BCUT2D eigenvalue weighted by atomic mass is 32.1. The highest BCUT2D eigenvalue weighted by molar-refractivity contribution is 7.14. The topological polar surface area (TPSA) is 55.1 Å². The number of carbonyl (C=O) groups is 1. The lowest BCUT2D eigenvalue weighted by atomic mass is 10.3. The third kappa shape index (κ3) is 2.41. The van der Waals surface area contributed by atoms with E-state index in [4.69, 9.17) is 5.73 Å². The van der Waals surface area contributed by atoms with Gasteiger partial charge in [-0.2, -0.15) is 0 Å². The molecule has 0 atom stereocenters. The Balaban J connectivity index is 2.10. The molecule has 1 aromatic heterocycles. The van der Waals surface area contributed by atoms with E-state index >= 15 is 0 Å². The van der Waals surface area contributed by atoms with Crippen LogP contribution in [0.1, 0.15) is 14.5 Å². The van der Waals surface area contributed by atoms with E-state index in [1.54, 1.807) is 24.3 Å². The number of nitrogen functional groups attached to an aromatic ring is 1. The molecule has 1 aromatic carbocycles. The molecule has 4 heteroatoms. The molecule has 0 saturated heterocycles. The number of benzene rings is 1. The highest BCUT2D eigenvalue weighted by Crippen LogP contribution is 2.17. The second kappa shape index (κ2) is 4.37. The van der Waals surface area contributed by atoms with Gasteiger partial charge in [0.05, 0.1) is 4.88 Å². The molecule has 0 fully saturated rings. The van der Waals surface area contributed by atoms with Gasteiger partial charge in [-0.25, -0.2) is 0 Å². The molecular formula is C12H12N2OS. The van der Waals surface area contributed by atoms with Gasteiger partial charge in [-0.15, -0.1) is 11.3 Å². The molecule has 16 heavy (non-hydrogen) atoms. The maximum atomic E-state index is 11.8. The molecule has 0 aliphatic rings. The van der Waals surface area contributed by atoms with Crippen molar-refractivity contribution in [2.45, 2.75) is 6.92 Å². The molecule has 3 N–H and O–H groups in total. The fraction of sp³-hybridized carbons (Fsp3) is 0.0833. The van der Waals surface area contributed by atoms with Gasteiger partial charge in [-0.1, -0.05) is 0 Å². The van der Waals surface area contributed by atoms with Crippen LogP contribution >= 0.6 is 11.3 Å². The average Bonchev–Trinajstić information content (AvgIpc) is 2.68. The number of aryl methyl sites for hydroxylation is 1. The van der Waals surface area contributed by atoms with Crippen molar-refractivity contribution in [1.29, 1.82) is 0 Å². The van der Waals surface area contributed by atoms with E-state index in [1.807, 2.05) is 19.1 Å². The van der Waals surface area contributed by atoms with E-state index in [1.165, 1.54) is 11.3 Å². The Bertz CT molecular complexity index is 502. The van der Waals surface area contributed by atoms with E-state index < -0.39 is 0 Å². The minimum absolute atomic E-state index is 0.0807. The van der Waals surface area contributed by atoms with Crippen LogP contribution < -0.4 is 11.1 Å². The van der Waals surface area contributed by atoms with Crippen molar-refractivity contribution in [2.75, 3.05) is 11.1 Å². The van der Waals surface area contributed by atoms with Crippen LogP contribution in [-0.2, 0) is 0 Å². The second-order valence-corrected chi connectivity index (χ2v) is 4.77. The Morgan fingerprint density at radius 1 is 1.19 bits per heavy atom. The summed E-state index contributed by atoms with van der Waals surface area (Å²) in [5.41, 5.74) is 7.00. The van der Waals surface area contributed by atoms with Crippen LogP contribution in [0.15, 0.2) is 36.4 Å². The van der Waals surface area contributed by atoms with Crippen molar-refractivity contribution in [2.24, 2.45) is 0 Å². The minimum Gasteiger partial charge on any atom is -0.399 e. The highest BCUT2D eigenvalue weighted by Gasteiger charge is 2.07. The van der Waals surface area contributed by atoms with E-state index in [9.17, 15) is 4.79 Å². The van der Waals surface area contributed by atoms with Gasteiger partial charge in [0.1, 0.15) is 0 Å². The number of carbonyl (C=O) groups excluding carboxylic acids is 1. The summed E-state index contributed by atoms with van der Waals surface area (Å²) in [6.07, 6.45) is 0. The van der Waals surface area contributed by atoms with Crippen LogP contribution in [0.5, 0.6) is 0 Å². The summed E-state index contributed by atoms with van der Waals surface area (Å²) in [6.45, 7) is 1.98. The zero-order valence-electron chi connectivity index (χ0n) is 8.86. The van der Waals surface area contributed by atoms with Gasteiger partial charge < -0.3 is 11.1 Å². The van der Waals surface area contributed by atoms with Gasteiger partial charge in [0.25, 0.3) is 5.91 Å². The lowest BCUT2D eigenvalue weighted by Crippen LogP contribution is -2.09. The maximum absolute atomic E-state index is 11.8. The molecule has 1 amide bonds. The summed E-state index contributed by atoms with van der Waals surface area (Å²) in [7, 11) is 0. The summed E-state index contributed by atoms with van der Waals surface area (Å²) < 4.78 is 0. The van der Waals surface area contributed by atoms with Crippen molar-refractivity contribution < 1.29 is 4.79 Å². The van der Waals surface area contributed by atoms with Gasteiger partial charge in [0, 0.05) is 16.3 Å². The lowest BCUT2D eigenvalue weighted by Gasteiger charge is -2.03. The predicted octanol–water partition coefficient (Wildman–Crippen LogP) is 2.89. The van der Waals surface area contributed by atoms with Gasteiger partial charge in [0.15, 0.2) is 0 Å². The minimum atomic E-state index is -0.0807. The van der Waals surface area contributed by atoms with E-state index in [0.717, 1.165) is 10.6 Å². The van der Waals surface area contributed by atoms with E-state index in [2.05, 4.69) is 5.32 Å². The molecule has 2 rings (SSSR count). The summed E-state index contributed by atoms with van der Waals surface area (Å²) in [4.78, 5) is 13.6. The average molecular weight is 232 g/mol. The molecule has 0 saturated carbocycles. The van der Waals surface area contributed by atoms with Crippen LogP contribution in [0.3, 0.4) is 0 Å². The molecule has 0 unspecified atom stereocenters. The Labute approximate surface area is 97.9 Å². The lowest BCUT2D eigenvalue weighted by molar-refractivity contribution is 0.103. The predicted molar refractivity (Wildman–Crippen MR) is 67.9 cm³/mol. The number of rotatable bonds is 2. The Kier molecular flexibility index (Phi) is 2.92. The number of hydrogen-bond acceptors (Lipinski definition) is 3. The quantitative estimate of drug-likeness (QED) is 0.782. The van der Waals surface area contributed by atoms with Crippen LogP contribution in [0.2, 0.25) is 0 Å².